The van der Waals surface area contributed by atoms with E-state index in [0.29, 0.717) is 0 Å². The first-order valence-electron chi connectivity index (χ1n) is 8.77. The van der Waals surface area contributed by atoms with Gasteiger partial charge < -0.3 is 15.1 Å². The minimum atomic E-state index is 1.12. The van der Waals surface area contributed by atoms with Crippen molar-refractivity contribution in [1.29, 1.82) is 0 Å². The summed E-state index contributed by atoms with van der Waals surface area (Å²) in [6, 6.07) is 13.4. The molecule has 1 aliphatic heterocycles. The Labute approximate surface area is 150 Å². The minimum Gasteiger partial charge on any atom is -0.378 e. The van der Waals surface area contributed by atoms with E-state index in [-0.39, 0.29) is 0 Å². The molecule has 0 amide bonds. The van der Waals surface area contributed by atoms with Crippen LogP contribution in [0, 0.1) is 0 Å². The summed E-state index contributed by atoms with van der Waals surface area (Å²) in [5.41, 5.74) is 4.98. The van der Waals surface area contributed by atoms with Gasteiger partial charge in [-0.3, -0.25) is 0 Å². The van der Waals surface area contributed by atoms with Crippen LogP contribution in [0.2, 0.25) is 0 Å². The Kier molecular flexibility index (Phi) is 5.24. The lowest BCUT2D eigenvalue weighted by atomic mass is 10.2. The van der Waals surface area contributed by atoms with Gasteiger partial charge >= 0.3 is 0 Å². The van der Waals surface area contributed by atoms with Gasteiger partial charge in [0.15, 0.2) is 0 Å². The van der Waals surface area contributed by atoms with Crippen molar-refractivity contribution < 1.29 is 0 Å². The molecule has 1 aliphatic rings. The van der Waals surface area contributed by atoms with E-state index in [1.54, 1.807) is 0 Å². The SMILES string of the molecule is CCCN(CCC)c1ccc2c(c1)Sc1cc(N(C)C)ccc1N2. The summed E-state index contributed by atoms with van der Waals surface area (Å²) < 4.78 is 0. The van der Waals surface area contributed by atoms with Gasteiger partial charge in [0.05, 0.1) is 11.4 Å². The third-order valence-corrected chi connectivity index (χ3v) is 5.40. The van der Waals surface area contributed by atoms with Crippen LogP contribution in [-0.2, 0) is 0 Å². The molecule has 3 rings (SSSR count). The molecule has 3 nitrogen and oxygen atoms in total. The fraction of sp³-hybridized carbons (Fsp3) is 0.400. The van der Waals surface area contributed by atoms with Crippen molar-refractivity contribution in [3.05, 3.63) is 36.4 Å². The van der Waals surface area contributed by atoms with E-state index in [4.69, 9.17) is 0 Å². The Morgan fingerprint density at radius 1 is 0.833 bits per heavy atom. The topological polar surface area (TPSA) is 18.5 Å². The van der Waals surface area contributed by atoms with Crippen LogP contribution >= 0.6 is 11.8 Å². The van der Waals surface area contributed by atoms with E-state index in [1.165, 1.54) is 45.4 Å². The molecular formula is C20H27N3S. The van der Waals surface area contributed by atoms with E-state index >= 15 is 0 Å². The largest absolute Gasteiger partial charge is 0.378 e. The molecule has 2 aromatic rings. The van der Waals surface area contributed by atoms with E-state index < -0.39 is 0 Å². The fourth-order valence-corrected chi connectivity index (χ4v) is 4.10. The number of nitrogens with one attached hydrogen (secondary N) is 1. The quantitative estimate of drug-likeness (QED) is 0.630. The standard InChI is InChI=1S/C20H27N3S/c1-5-11-23(12-6-2)16-8-10-18-20(14-16)24-19-13-15(22(3)4)7-9-17(19)21-18/h7-10,13-14,21H,5-6,11-12H2,1-4H3. The molecule has 0 radical (unpaired) electrons. The smallest absolute Gasteiger partial charge is 0.0527 e. The van der Waals surface area contributed by atoms with Crippen LogP contribution in [0.15, 0.2) is 46.2 Å². The van der Waals surface area contributed by atoms with Crippen molar-refractivity contribution in [2.24, 2.45) is 0 Å². The van der Waals surface area contributed by atoms with Gasteiger partial charge in [-0.25, -0.2) is 0 Å². The van der Waals surface area contributed by atoms with Gasteiger partial charge in [0.2, 0.25) is 0 Å². The van der Waals surface area contributed by atoms with Crippen molar-refractivity contribution in [3.8, 4) is 0 Å². The van der Waals surface area contributed by atoms with Gasteiger partial charge in [0.25, 0.3) is 0 Å². The van der Waals surface area contributed by atoms with E-state index in [9.17, 15) is 0 Å². The van der Waals surface area contributed by atoms with Crippen LogP contribution in [0.5, 0.6) is 0 Å². The molecule has 0 bridgehead atoms. The molecule has 0 atom stereocenters. The zero-order valence-electron chi connectivity index (χ0n) is 15.1. The third-order valence-electron chi connectivity index (χ3n) is 4.29. The highest BCUT2D eigenvalue weighted by Gasteiger charge is 2.18. The Bertz CT molecular complexity index is 706. The molecule has 0 aliphatic carbocycles. The van der Waals surface area contributed by atoms with E-state index in [2.05, 4.69) is 79.5 Å². The zero-order chi connectivity index (χ0) is 17.1. The van der Waals surface area contributed by atoms with E-state index in [1.807, 2.05) is 11.8 Å². The van der Waals surface area contributed by atoms with Crippen molar-refractivity contribution >= 4 is 34.5 Å². The molecule has 2 aromatic carbocycles. The second-order valence-electron chi connectivity index (χ2n) is 6.47. The molecule has 128 valence electrons. The monoisotopic (exact) mass is 341 g/mol. The summed E-state index contributed by atoms with van der Waals surface area (Å²) >= 11 is 1.87. The molecule has 0 aromatic heterocycles. The average Bonchev–Trinajstić information content (AvgIpc) is 2.58. The van der Waals surface area contributed by atoms with Crippen LogP contribution in [0.25, 0.3) is 0 Å². The first-order valence-corrected chi connectivity index (χ1v) is 9.59. The fourth-order valence-electron chi connectivity index (χ4n) is 3.05. The summed E-state index contributed by atoms with van der Waals surface area (Å²) in [5.74, 6) is 0. The number of fused-ring (bicyclic) bond motifs is 2. The summed E-state index contributed by atoms with van der Waals surface area (Å²) in [5, 5.41) is 3.58. The second-order valence-corrected chi connectivity index (χ2v) is 7.55. The summed E-state index contributed by atoms with van der Waals surface area (Å²) in [7, 11) is 4.17. The number of benzene rings is 2. The van der Waals surface area contributed by atoms with Crippen LogP contribution in [0.1, 0.15) is 26.7 Å². The van der Waals surface area contributed by atoms with Gasteiger partial charge in [-0.05, 0) is 49.2 Å². The van der Waals surface area contributed by atoms with Gasteiger partial charge in [-0.1, -0.05) is 25.6 Å². The number of anilines is 4. The Morgan fingerprint density at radius 2 is 1.38 bits per heavy atom. The molecule has 0 saturated carbocycles. The Balaban J connectivity index is 1.89. The normalized spacial score (nSPS) is 12.2. The van der Waals surface area contributed by atoms with Gasteiger partial charge in [0, 0.05) is 48.4 Å². The predicted octanol–water partition coefficient (Wildman–Crippen LogP) is 5.59. The molecule has 1 heterocycles. The molecule has 4 heteroatoms. The Morgan fingerprint density at radius 3 is 1.92 bits per heavy atom. The lowest BCUT2D eigenvalue weighted by Gasteiger charge is -2.27. The minimum absolute atomic E-state index is 1.12. The molecule has 0 fully saturated rings. The average molecular weight is 342 g/mol. The molecule has 24 heavy (non-hydrogen) atoms. The molecule has 0 saturated heterocycles. The van der Waals surface area contributed by atoms with E-state index in [0.717, 1.165) is 13.1 Å². The second kappa shape index (κ2) is 7.39. The molecular weight excluding hydrogens is 314 g/mol. The third kappa shape index (κ3) is 3.48. The highest BCUT2D eigenvalue weighted by Crippen LogP contribution is 2.46. The van der Waals surface area contributed by atoms with Crippen LogP contribution < -0.4 is 15.1 Å². The maximum atomic E-state index is 3.58. The maximum absolute atomic E-state index is 3.58. The lowest BCUT2D eigenvalue weighted by molar-refractivity contribution is 0.744. The van der Waals surface area contributed by atoms with Gasteiger partial charge in [-0.2, -0.15) is 0 Å². The van der Waals surface area contributed by atoms with Gasteiger partial charge in [0.1, 0.15) is 0 Å². The highest BCUT2D eigenvalue weighted by atomic mass is 32.2. The van der Waals surface area contributed by atoms with Crippen molar-refractivity contribution in [3.63, 3.8) is 0 Å². The molecule has 1 N–H and O–H groups in total. The number of rotatable bonds is 6. The lowest BCUT2D eigenvalue weighted by Crippen LogP contribution is -2.24. The predicted molar refractivity (Wildman–Crippen MR) is 107 cm³/mol. The summed E-state index contributed by atoms with van der Waals surface area (Å²) in [6.07, 6.45) is 2.36. The Hall–Kier alpha value is -1.81. The van der Waals surface area contributed by atoms with Crippen molar-refractivity contribution in [1.82, 2.24) is 0 Å². The number of hydrogen-bond acceptors (Lipinski definition) is 4. The number of hydrogen-bond donors (Lipinski definition) is 1. The van der Waals surface area contributed by atoms with Crippen LogP contribution in [-0.4, -0.2) is 27.2 Å². The molecule has 0 unspecified atom stereocenters. The first kappa shape index (κ1) is 17.0. The number of nitrogens with zero attached hydrogens (tertiary/aromatic N) is 2. The molecule has 0 spiro atoms. The first-order chi connectivity index (χ1) is 11.6. The summed E-state index contributed by atoms with van der Waals surface area (Å²) in [4.78, 5) is 7.25. The zero-order valence-corrected chi connectivity index (χ0v) is 15.9. The van der Waals surface area contributed by atoms with Crippen molar-refractivity contribution in [2.45, 2.75) is 36.5 Å². The maximum Gasteiger partial charge on any atom is 0.0527 e. The van der Waals surface area contributed by atoms with Crippen molar-refractivity contribution in [2.75, 3.05) is 42.3 Å². The van der Waals surface area contributed by atoms with Crippen LogP contribution in [0.4, 0.5) is 22.7 Å². The van der Waals surface area contributed by atoms with Gasteiger partial charge in [-0.15, -0.1) is 0 Å². The van der Waals surface area contributed by atoms with Crippen LogP contribution in [0.3, 0.4) is 0 Å². The summed E-state index contributed by atoms with van der Waals surface area (Å²) in [6.45, 7) is 6.73. The highest BCUT2D eigenvalue weighted by molar-refractivity contribution is 7.99.